The Bertz CT molecular complexity index is 655. The number of rotatable bonds is 6. The lowest BCUT2D eigenvalue weighted by molar-refractivity contribution is 0.0499. The Labute approximate surface area is 135 Å². The van der Waals surface area contributed by atoms with Crippen molar-refractivity contribution in [3.05, 3.63) is 60.2 Å². The zero-order valence-electron chi connectivity index (χ0n) is 13.0. The van der Waals surface area contributed by atoms with E-state index in [1.165, 1.54) is 0 Å². The Hall–Kier alpha value is -2.82. The van der Waals surface area contributed by atoms with Gasteiger partial charge >= 0.3 is 12.1 Å². The van der Waals surface area contributed by atoms with E-state index in [4.69, 9.17) is 9.47 Å². The number of hydrogen-bond donors (Lipinski definition) is 1. The van der Waals surface area contributed by atoms with Crippen molar-refractivity contribution in [3.63, 3.8) is 0 Å². The Morgan fingerprint density at radius 2 is 1.83 bits per heavy atom. The first-order valence-corrected chi connectivity index (χ1v) is 7.50. The van der Waals surface area contributed by atoms with Crippen LogP contribution in [0.25, 0.3) is 0 Å². The van der Waals surface area contributed by atoms with E-state index in [2.05, 4.69) is 5.32 Å². The van der Waals surface area contributed by atoms with E-state index in [0.29, 0.717) is 23.6 Å². The molecule has 0 unspecified atom stereocenters. The van der Waals surface area contributed by atoms with Crippen LogP contribution in [-0.2, 0) is 4.74 Å². The molecule has 0 aliphatic rings. The number of ether oxygens (including phenoxy) is 2. The van der Waals surface area contributed by atoms with Gasteiger partial charge in [-0.1, -0.05) is 37.6 Å². The number of hydrogen-bond acceptors (Lipinski definition) is 4. The van der Waals surface area contributed by atoms with Crippen LogP contribution in [-0.4, -0.2) is 18.7 Å². The summed E-state index contributed by atoms with van der Waals surface area (Å²) in [7, 11) is 0. The van der Waals surface area contributed by atoms with Gasteiger partial charge in [0.15, 0.2) is 0 Å². The monoisotopic (exact) mass is 313 g/mol. The Morgan fingerprint density at radius 3 is 2.57 bits per heavy atom. The minimum atomic E-state index is -0.618. The van der Waals surface area contributed by atoms with Gasteiger partial charge in [-0.25, -0.2) is 9.59 Å². The Morgan fingerprint density at radius 1 is 1.04 bits per heavy atom. The van der Waals surface area contributed by atoms with Gasteiger partial charge in [0.2, 0.25) is 0 Å². The highest BCUT2D eigenvalue weighted by molar-refractivity contribution is 5.92. The van der Waals surface area contributed by atoms with Gasteiger partial charge in [0.05, 0.1) is 12.2 Å². The summed E-state index contributed by atoms with van der Waals surface area (Å²) in [6.45, 7) is 2.42. The van der Waals surface area contributed by atoms with Gasteiger partial charge in [-0.3, -0.25) is 5.32 Å². The van der Waals surface area contributed by atoms with Gasteiger partial charge in [-0.15, -0.1) is 0 Å². The largest absolute Gasteiger partial charge is 0.462 e. The van der Waals surface area contributed by atoms with Crippen LogP contribution in [0.3, 0.4) is 0 Å². The molecule has 0 heterocycles. The molecule has 2 aromatic carbocycles. The van der Waals surface area contributed by atoms with Crippen molar-refractivity contribution in [2.75, 3.05) is 11.9 Å². The molecule has 2 rings (SSSR count). The fourth-order valence-electron chi connectivity index (χ4n) is 1.86. The number of amides is 1. The SMILES string of the molecule is CCCCOC(=O)c1cccc(NC(=O)Oc2ccccc2)c1. The Balaban J connectivity index is 1.94. The number of anilines is 1. The summed E-state index contributed by atoms with van der Waals surface area (Å²) in [5.41, 5.74) is 0.856. The number of carbonyl (C=O) groups is 2. The van der Waals surface area contributed by atoms with E-state index < -0.39 is 12.1 Å². The molecule has 2 aromatic rings. The predicted octanol–water partition coefficient (Wildman–Crippen LogP) is 4.25. The van der Waals surface area contributed by atoms with Crippen molar-refractivity contribution >= 4 is 17.7 Å². The Kier molecular flexibility index (Phi) is 6.17. The third-order valence-corrected chi connectivity index (χ3v) is 3.03. The number of nitrogens with one attached hydrogen (secondary N) is 1. The maximum atomic E-state index is 11.9. The maximum absolute atomic E-state index is 11.9. The third kappa shape index (κ3) is 5.47. The van der Waals surface area contributed by atoms with Crippen LogP contribution in [0, 0.1) is 0 Å². The second-order valence-corrected chi connectivity index (χ2v) is 4.90. The van der Waals surface area contributed by atoms with Crippen LogP contribution in [0.4, 0.5) is 10.5 Å². The van der Waals surface area contributed by atoms with E-state index in [1.54, 1.807) is 48.5 Å². The lowest BCUT2D eigenvalue weighted by Gasteiger charge is -2.08. The number of carbonyl (C=O) groups excluding carboxylic acids is 2. The summed E-state index contributed by atoms with van der Waals surface area (Å²) >= 11 is 0. The zero-order chi connectivity index (χ0) is 16.5. The van der Waals surface area contributed by atoms with Gasteiger partial charge in [-0.05, 0) is 36.8 Å². The van der Waals surface area contributed by atoms with Crippen molar-refractivity contribution in [3.8, 4) is 5.75 Å². The summed E-state index contributed by atoms with van der Waals surface area (Å²) in [6.07, 6.45) is 1.17. The molecule has 120 valence electrons. The normalized spacial score (nSPS) is 9.96. The molecule has 5 nitrogen and oxygen atoms in total. The summed E-state index contributed by atoms with van der Waals surface area (Å²) < 4.78 is 10.3. The molecule has 0 aliphatic heterocycles. The van der Waals surface area contributed by atoms with Crippen molar-refractivity contribution in [2.24, 2.45) is 0 Å². The average molecular weight is 313 g/mol. The minimum Gasteiger partial charge on any atom is -0.462 e. The molecule has 0 bridgehead atoms. The van der Waals surface area contributed by atoms with Crippen molar-refractivity contribution < 1.29 is 19.1 Å². The fourth-order valence-corrected chi connectivity index (χ4v) is 1.86. The van der Waals surface area contributed by atoms with Gasteiger partial charge in [0, 0.05) is 5.69 Å². The fraction of sp³-hybridized carbons (Fsp3) is 0.222. The van der Waals surface area contributed by atoms with Gasteiger partial charge in [0.25, 0.3) is 0 Å². The highest BCUT2D eigenvalue weighted by Crippen LogP contribution is 2.14. The van der Waals surface area contributed by atoms with Crippen LogP contribution < -0.4 is 10.1 Å². The van der Waals surface area contributed by atoms with Gasteiger partial charge < -0.3 is 9.47 Å². The van der Waals surface area contributed by atoms with Crippen LogP contribution in [0.15, 0.2) is 54.6 Å². The topological polar surface area (TPSA) is 64.6 Å². The smallest absolute Gasteiger partial charge is 0.417 e. The molecule has 1 amide bonds. The van der Waals surface area contributed by atoms with Crippen LogP contribution in [0.5, 0.6) is 5.75 Å². The first kappa shape index (κ1) is 16.5. The first-order chi connectivity index (χ1) is 11.2. The van der Waals surface area contributed by atoms with E-state index in [0.717, 1.165) is 12.8 Å². The second-order valence-electron chi connectivity index (χ2n) is 4.90. The van der Waals surface area contributed by atoms with Crippen molar-refractivity contribution in [1.29, 1.82) is 0 Å². The standard InChI is InChI=1S/C18H19NO4/c1-2-3-12-22-17(20)14-8-7-9-15(13-14)19-18(21)23-16-10-5-4-6-11-16/h4-11,13H,2-3,12H2,1H3,(H,19,21). The van der Waals surface area contributed by atoms with E-state index >= 15 is 0 Å². The van der Waals surface area contributed by atoms with Crippen LogP contribution in [0.2, 0.25) is 0 Å². The molecule has 23 heavy (non-hydrogen) atoms. The number of esters is 1. The lowest BCUT2D eigenvalue weighted by atomic mass is 10.2. The van der Waals surface area contributed by atoms with E-state index in [-0.39, 0.29) is 0 Å². The first-order valence-electron chi connectivity index (χ1n) is 7.50. The molecule has 0 atom stereocenters. The summed E-state index contributed by atoms with van der Waals surface area (Å²) in [5, 5.41) is 2.58. The molecule has 1 N–H and O–H groups in total. The molecule has 0 saturated carbocycles. The highest BCUT2D eigenvalue weighted by Gasteiger charge is 2.10. The zero-order valence-corrected chi connectivity index (χ0v) is 13.0. The molecule has 0 aromatic heterocycles. The molecule has 0 spiro atoms. The molecule has 0 saturated heterocycles. The molecule has 0 radical (unpaired) electrons. The molecule has 5 heteroatoms. The summed E-state index contributed by atoms with van der Waals surface area (Å²) in [6, 6.07) is 15.3. The summed E-state index contributed by atoms with van der Waals surface area (Å²) in [5.74, 6) is 0.0404. The van der Waals surface area contributed by atoms with Crippen LogP contribution >= 0.6 is 0 Å². The highest BCUT2D eigenvalue weighted by atomic mass is 16.6. The third-order valence-electron chi connectivity index (χ3n) is 3.03. The number of para-hydroxylation sites is 1. The average Bonchev–Trinajstić information content (AvgIpc) is 2.56. The van der Waals surface area contributed by atoms with Crippen molar-refractivity contribution in [1.82, 2.24) is 0 Å². The van der Waals surface area contributed by atoms with Gasteiger partial charge in [-0.2, -0.15) is 0 Å². The minimum absolute atomic E-state index is 0.388. The molecule has 0 aliphatic carbocycles. The molecular weight excluding hydrogens is 294 g/mol. The van der Waals surface area contributed by atoms with Crippen LogP contribution in [0.1, 0.15) is 30.1 Å². The number of unbranched alkanes of at least 4 members (excludes halogenated alkanes) is 1. The molecular formula is C18H19NO4. The molecule has 0 fully saturated rings. The summed E-state index contributed by atoms with van der Waals surface area (Å²) in [4.78, 5) is 23.7. The van der Waals surface area contributed by atoms with Gasteiger partial charge in [0.1, 0.15) is 5.75 Å². The second kappa shape index (κ2) is 8.58. The number of benzene rings is 2. The maximum Gasteiger partial charge on any atom is 0.417 e. The lowest BCUT2D eigenvalue weighted by Crippen LogP contribution is -2.17. The quantitative estimate of drug-likeness (QED) is 0.639. The van der Waals surface area contributed by atoms with E-state index in [9.17, 15) is 9.59 Å². The van der Waals surface area contributed by atoms with Crippen molar-refractivity contribution in [2.45, 2.75) is 19.8 Å². The predicted molar refractivity (Wildman–Crippen MR) is 87.7 cm³/mol. The van der Waals surface area contributed by atoms with E-state index in [1.807, 2.05) is 13.0 Å².